The second-order valence-corrected chi connectivity index (χ2v) is 7.99. The highest BCUT2D eigenvalue weighted by Gasteiger charge is 2.35. The standard InChI is InChI=1S/C27H20FN3O4S/c1-2-34-24-14-17(11-12-23(24)35-16-19-8-4-3-7-18(19)15-29)13-20-25(32)30-27(36)31(26(20)33)22-10-6-5-9-21(22)28/h3-14H,2,16H2,1H3,(H,30,32,36)/b20-13+. The molecule has 1 heterocycles. The lowest BCUT2D eigenvalue weighted by molar-refractivity contribution is -0.122. The van der Waals surface area contributed by atoms with Crippen LogP contribution in [-0.4, -0.2) is 23.5 Å². The van der Waals surface area contributed by atoms with Gasteiger partial charge < -0.3 is 9.47 Å². The third kappa shape index (κ3) is 5.09. The van der Waals surface area contributed by atoms with Gasteiger partial charge in [0, 0.05) is 5.56 Å². The van der Waals surface area contributed by atoms with E-state index in [1.807, 2.05) is 13.0 Å². The second kappa shape index (κ2) is 10.8. The molecule has 180 valence electrons. The number of para-hydroxylation sites is 1. The van der Waals surface area contributed by atoms with Gasteiger partial charge in [-0.25, -0.2) is 9.29 Å². The van der Waals surface area contributed by atoms with Gasteiger partial charge in [0.25, 0.3) is 11.8 Å². The Hall–Kier alpha value is -4.55. The van der Waals surface area contributed by atoms with Crippen LogP contribution < -0.4 is 19.7 Å². The predicted molar refractivity (Wildman–Crippen MR) is 136 cm³/mol. The maximum Gasteiger partial charge on any atom is 0.270 e. The van der Waals surface area contributed by atoms with Gasteiger partial charge in [0.15, 0.2) is 16.6 Å². The van der Waals surface area contributed by atoms with E-state index in [-0.39, 0.29) is 23.0 Å². The first-order chi connectivity index (χ1) is 17.4. The van der Waals surface area contributed by atoms with E-state index in [4.69, 9.17) is 21.7 Å². The molecule has 36 heavy (non-hydrogen) atoms. The van der Waals surface area contributed by atoms with Crippen LogP contribution in [0.4, 0.5) is 10.1 Å². The summed E-state index contributed by atoms with van der Waals surface area (Å²) < 4.78 is 26.0. The van der Waals surface area contributed by atoms with Gasteiger partial charge in [-0.15, -0.1) is 0 Å². The van der Waals surface area contributed by atoms with Crippen molar-refractivity contribution in [2.75, 3.05) is 11.5 Å². The third-order valence-electron chi connectivity index (χ3n) is 5.29. The number of benzene rings is 3. The van der Waals surface area contributed by atoms with Crippen LogP contribution in [0.2, 0.25) is 0 Å². The molecule has 1 fully saturated rings. The number of anilines is 1. The average molecular weight is 502 g/mol. The van der Waals surface area contributed by atoms with E-state index < -0.39 is 17.6 Å². The number of hydrogen-bond acceptors (Lipinski definition) is 6. The van der Waals surface area contributed by atoms with Crippen LogP contribution in [0, 0.1) is 17.1 Å². The van der Waals surface area contributed by atoms with Crippen molar-refractivity contribution < 1.29 is 23.5 Å². The number of halogens is 1. The van der Waals surface area contributed by atoms with Crippen LogP contribution in [0.3, 0.4) is 0 Å². The number of ether oxygens (including phenoxy) is 2. The maximum absolute atomic E-state index is 14.4. The first-order valence-electron chi connectivity index (χ1n) is 11.0. The number of rotatable bonds is 7. The lowest BCUT2D eigenvalue weighted by Crippen LogP contribution is -2.54. The van der Waals surface area contributed by atoms with Crippen molar-refractivity contribution in [2.45, 2.75) is 13.5 Å². The molecule has 0 atom stereocenters. The monoisotopic (exact) mass is 501 g/mol. The number of carbonyl (C=O) groups excluding carboxylic acids is 2. The van der Waals surface area contributed by atoms with Crippen LogP contribution >= 0.6 is 12.2 Å². The third-order valence-corrected chi connectivity index (χ3v) is 5.58. The number of amides is 2. The molecule has 7 nitrogen and oxygen atoms in total. The molecule has 0 spiro atoms. The van der Waals surface area contributed by atoms with Crippen molar-refractivity contribution in [3.63, 3.8) is 0 Å². The minimum Gasteiger partial charge on any atom is -0.490 e. The zero-order chi connectivity index (χ0) is 25.7. The van der Waals surface area contributed by atoms with E-state index >= 15 is 0 Å². The fourth-order valence-electron chi connectivity index (χ4n) is 3.59. The SMILES string of the molecule is CCOc1cc(/C=C2\C(=O)NC(=S)N(c3ccccc3F)C2=O)ccc1OCc1ccccc1C#N. The Bertz CT molecular complexity index is 1430. The molecule has 9 heteroatoms. The van der Waals surface area contributed by atoms with E-state index in [2.05, 4.69) is 11.4 Å². The molecule has 4 rings (SSSR count). The molecular weight excluding hydrogens is 481 g/mol. The number of nitrogens with one attached hydrogen (secondary N) is 1. The lowest BCUT2D eigenvalue weighted by Gasteiger charge is -2.29. The quantitative estimate of drug-likeness (QED) is 0.291. The number of nitriles is 1. The van der Waals surface area contributed by atoms with Crippen molar-refractivity contribution in [3.8, 4) is 17.6 Å². The number of hydrogen-bond donors (Lipinski definition) is 1. The fourth-order valence-corrected chi connectivity index (χ4v) is 3.86. The Morgan fingerprint density at radius 1 is 1.06 bits per heavy atom. The van der Waals surface area contributed by atoms with E-state index in [0.717, 1.165) is 10.5 Å². The average Bonchev–Trinajstić information content (AvgIpc) is 2.87. The summed E-state index contributed by atoms with van der Waals surface area (Å²) in [5.74, 6) is -1.27. The van der Waals surface area contributed by atoms with Gasteiger partial charge in [0.1, 0.15) is 18.0 Å². The Labute approximate surface area is 212 Å². The van der Waals surface area contributed by atoms with Crippen LogP contribution in [0.25, 0.3) is 6.08 Å². The summed E-state index contributed by atoms with van der Waals surface area (Å²) in [5.41, 5.74) is 1.45. The number of thiocarbonyl (C=S) groups is 1. The first kappa shape index (κ1) is 24.6. The van der Waals surface area contributed by atoms with Crippen molar-refractivity contribution >= 4 is 40.9 Å². The minimum absolute atomic E-state index is 0.0604. The largest absolute Gasteiger partial charge is 0.490 e. The van der Waals surface area contributed by atoms with E-state index in [9.17, 15) is 19.2 Å². The Balaban J connectivity index is 1.63. The van der Waals surface area contributed by atoms with E-state index in [0.29, 0.717) is 29.2 Å². The Morgan fingerprint density at radius 2 is 1.81 bits per heavy atom. The molecule has 0 aromatic heterocycles. The summed E-state index contributed by atoms with van der Waals surface area (Å²) in [6.07, 6.45) is 1.38. The molecule has 1 saturated heterocycles. The highest BCUT2D eigenvalue weighted by atomic mass is 32.1. The van der Waals surface area contributed by atoms with E-state index in [1.54, 1.807) is 42.5 Å². The molecule has 0 saturated carbocycles. The van der Waals surface area contributed by atoms with Crippen molar-refractivity contribution in [1.29, 1.82) is 5.26 Å². The molecule has 0 radical (unpaired) electrons. The van der Waals surface area contributed by atoms with Gasteiger partial charge in [-0.3, -0.25) is 14.9 Å². The zero-order valence-corrected chi connectivity index (χ0v) is 20.0. The normalized spacial score (nSPS) is 14.4. The number of nitrogens with zero attached hydrogens (tertiary/aromatic N) is 2. The summed E-state index contributed by atoms with van der Waals surface area (Å²) in [6.45, 7) is 2.31. The molecular formula is C27H20FN3O4S. The topological polar surface area (TPSA) is 91.7 Å². The highest BCUT2D eigenvalue weighted by molar-refractivity contribution is 7.80. The van der Waals surface area contributed by atoms with Gasteiger partial charge in [0.05, 0.1) is 23.9 Å². The van der Waals surface area contributed by atoms with Crippen molar-refractivity contribution in [2.24, 2.45) is 0 Å². The number of carbonyl (C=O) groups is 2. The van der Waals surface area contributed by atoms with Gasteiger partial charge in [-0.2, -0.15) is 5.26 Å². The first-order valence-corrected chi connectivity index (χ1v) is 11.4. The molecule has 3 aromatic carbocycles. The summed E-state index contributed by atoms with van der Waals surface area (Å²) in [5, 5.41) is 11.5. The molecule has 0 aliphatic carbocycles. The van der Waals surface area contributed by atoms with Gasteiger partial charge in [0.2, 0.25) is 0 Å². The summed E-state index contributed by atoms with van der Waals surface area (Å²) >= 11 is 5.12. The summed E-state index contributed by atoms with van der Waals surface area (Å²) in [6, 6.07) is 19.8. The van der Waals surface area contributed by atoms with Crippen LogP contribution in [-0.2, 0) is 16.2 Å². The Morgan fingerprint density at radius 3 is 2.56 bits per heavy atom. The van der Waals surface area contributed by atoms with Crippen LogP contribution in [0.15, 0.2) is 72.3 Å². The molecule has 3 aromatic rings. The smallest absolute Gasteiger partial charge is 0.270 e. The molecule has 2 amide bonds. The molecule has 1 N–H and O–H groups in total. The second-order valence-electron chi connectivity index (χ2n) is 7.61. The molecule has 1 aliphatic rings. The fraction of sp³-hybridized carbons (Fsp3) is 0.111. The molecule has 0 bridgehead atoms. The van der Waals surface area contributed by atoms with Gasteiger partial charge in [-0.1, -0.05) is 36.4 Å². The minimum atomic E-state index is -0.750. The predicted octanol–water partition coefficient (Wildman–Crippen LogP) is 4.51. The highest BCUT2D eigenvalue weighted by Crippen LogP contribution is 2.31. The van der Waals surface area contributed by atoms with Crippen LogP contribution in [0.1, 0.15) is 23.6 Å². The van der Waals surface area contributed by atoms with Crippen molar-refractivity contribution in [3.05, 3.63) is 94.8 Å². The Kier molecular flexibility index (Phi) is 7.37. The summed E-state index contributed by atoms with van der Waals surface area (Å²) in [7, 11) is 0. The zero-order valence-electron chi connectivity index (χ0n) is 19.2. The van der Waals surface area contributed by atoms with Crippen molar-refractivity contribution in [1.82, 2.24) is 5.32 Å². The molecule has 1 aliphatic heterocycles. The lowest BCUT2D eigenvalue weighted by atomic mass is 10.1. The summed E-state index contributed by atoms with van der Waals surface area (Å²) in [4.78, 5) is 26.7. The maximum atomic E-state index is 14.4. The van der Waals surface area contributed by atoms with E-state index in [1.165, 1.54) is 24.3 Å². The van der Waals surface area contributed by atoms with Gasteiger partial charge in [-0.05, 0) is 61.1 Å². The van der Waals surface area contributed by atoms with Gasteiger partial charge >= 0.3 is 0 Å². The molecule has 0 unspecified atom stereocenters. The van der Waals surface area contributed by atoms with Crippen LogP contribution in [0.5, 0.6) is 11.5 Å².